The second-order valence-electron chi connectivity index (χ2n) is 11.3. The number of carbonyl (C=O) groups is 1. The number of halogens is 1. The average Bonchev–Trinajstić information content (AvgIpc) is 2.96. The fraction of sp³-hybridized carbons (Fsp3) is 0.286. The molecule has 4 aromatic rings. The minimum Gasteiger partial charge on any atom is -0.508 e. The van der Waals surface area contributed by atoms with Crippen LogP contribution in [-0.4, -0.2) is 53.0 Å². The summed E-state index contributed by atoms with van der Waals surface area (Å²) in [5.74, 6) is -0.384. The van der Waals surface area contributed by atoms with Crippen molar-refractivity contribution in [3.63, 3.8) is 0 Å². The predicted octanol–water partition coefficient (Wildman–Crippen LogP) is 6.80. The number of piperazine rings is 1. The first kappa shape index (κ1) is 28.5. The summed E-state index contributed by atoms with van der Waals surface area (Å²) in [6.45, 7) is 9.24. The van der Waals surface area contributed by atoms with Crippen LogP contribution in [0.2, 0.25) is 0 Å². The summed E-state index contributed by atoms with van der Waals surface area (Å²) in [5, 5.41) is 10.4. The topological polar surface area (TPSA) is 47.0 Å². The van der Waals surface area contributed by atoms with Crippen LogP contribution in [0.3, 0.4) is 0 Å². The summed E-state index contributed by atoms with van der Waals surface area (Å²) in [5.41, 5.74) is 5.53. The van der Waals surface area contributed by atoms with Gasteiger partial charge in [-0.25, -0.2) is 4.39 Å². The van der Waals surface area contributed by atoms with Gasteiger partial charge < -0.3 is 10.0 Å². The van der Waals surface area contributed by atoms with Crippen LogP contribution < -0.4 is 4.90 Å². The van der Waals surface area contributed by atoms with Gasteiger partial charge in [0.05, 0.1) is 6.04 Å². The normalized spacial score (nSPS) is 18.7. The van der Waals surface area contributed by atoms with Crippen molar-refractivity contribution >= 4 is 11.6 Å². The first-order chi connectivity index (χ1) is 19.7. The molecule has 1 N–H and O–H groups in total. The Balaban J connectivity index is 1.45. The molecule has 1 heterocycles. The number of anilines is 1. The molecule has 0 saturated carbocycles. The molecule has 0 unspecified atom stereocenters. The third-order valence-corrected chi connectivity index (χ3v) is 8.14. The Morgan fingerprint density at radius 1 is 0.902 bits per heavy atom. The molecule has 4 aromatic carbocycles. The van der Waals surface area contributed by atoms with E-state index in [1.807, 2.05) is 36.4 Å². The fourth-order valence-electron chi connectivity index (χ4n) is 5.84. The van der Waals surface area contributed by atoms with E-state index in [-0.39, 0.29) is 29.6 Å². The van der Waals surface area contributed by atoms with Crippen LogP contribution >= 0.6 is 0 Å². The third kappa shape index (κ3) is 6.50. The van der Waals surface area contributed by atoms with Crippen molar-refractivity contribution in [2.75, 3.05) is 25.0 Å². The van der Waals surface area contributed by atoms with Gasteiger partial charge in [-0.15, -0.1) is 0 Å². The van der Waals surface area contributed by atoms with Gasteiger partial charge in [-0.05, 0) is 79.9 Å². The van der Waals surface area contributed by atoms with Crippen LogP contribution in [0.5, 0.6) is 5.75 Å². The molecule has 5 nitrogen and oxygen atoms in total. The van der Waals surface area contributed by atoms with Gasteiger partial charge in [0.25, 0.3) is 5.91 Å². The highest BCUT2D eigenvalue weighted by molar-refractivity contribution is 6.05. The van der Waals surface area contributed by atoms with Crippen molar-refractivity contribution in [2.24, 2.45) is 0 Å². The minimum atomic E-state index is -0.385. The number of phenols is 1. The molecule has 41 heavy (non-hydrogen) atoms. The van der Waals surface area contributed by atoms with Gasteiger partial charge in [0.2, 0.25) is 0 Å². The first-order valence-corrected chi connectivity index (χ1v) is 14.2. The Morgan fingerprint density at radius 3 is 2.29 bits per heavy atom. The maximum atomic E-state index is 13.9. The van der Waals surface area contributed by atoms with Crippen molar-refractivity contribution in [1.82, 2.24) is 9.80 Å². The smallest absolute Gasteiger partial charge is 0.258 e. The molecule has 1 aliphatic heterocycles. The molecule has 0 spiro atoms. The number of aryl methyl sites for hydroxylation is 1. The van der Waals surface area contributed by atoms with Gasteiger partial charge in [-0.2, -0.15) is 0 Å². The Labute approximate surface area is 242 Å². The summed E-state index contributed by atoms with van der Waals surface area (Å²) in [4.78, 5) is 20.0. The SMILES string of the molecule is Cc1ccc(CN2C[C@H](C)N([C@@H](c3cccc(O)c3)c3cccc(C(=O)N(C)c4cccc(F)c4)c3)C[C@H]2C)cc1. The monoisotopic (exact) mass is 551 g/mol. The highest BCUT2D eigenvalue weighted by Crippen LogP contribution is 2.35. The number of nitrogens with zero attached hydrogens (tertiary/aromatic N) is 3. The zero-order valence-electron chi connectivity index (χ0n) is 24.2. The molecule has 6 heteroatoms. The quantitative estimate of drug-likeness (QED) is 0.274. The summed E-state index contributed by atoms with van der Waals surface area (Å²) in [6, 6.07) is 30.2. The summed E-state index contributed by atoms with van der Waals surface area (Å²) in [6.07, 6.45) is 0. The lowest BCUT2D eigenvalue weighted by Crippen LogP contribution is -2.56. The molecule has 0 bridgehead atoms. The summed E-state index contributed by atoms with van der Waals surface area (Å²) in [7, 11) is 1.66. The van der Waals surface area contributed by atoms with E-state index in [2.05, 4.69) is 54.8 Å². The Morgan fingerprint density at radius 2 is 1.59 bits per heavy atom. The molecule has 0 aromatic heterocycles. The van der Waals surface area contributed by atoms with Crippen molar-refractivity contribution < 1.29 is 14.3 Å². The molecule has 0 radical (unpaired) electrons. The van der Waals surface area contributed by atoms with Crippen molar-refractivity contribution in [3.05, 3.63) is 131 Å². The number of aromatic hydroxyl groups is 1. The first-order valence-electron chi connectivity index (χ1n) is 14.2. The maximum Gasteiger partial charge on any atom is 0.258 e. The molecule has 1 amide bonds. The van der Waals surface area contributed by atoms with Crippen LogP contribution in [0, 0.1) is 12.7 Å². The Bertz CT molecular complexity index is 1510. The van der Waals surface area contributed by atoms with Crippen LogP contribution in [0.4, 0.5) is 10.1 Å². The highest BCUT2D eigenvalue weighted by atomic mass is 19.1. The molecule has 3 atom stereocenters. The predicted molar refractivity (Wildman–Crippen MR) is 163 cm³/mol. The standard InChI is InChI=1S/C35H38FN3O2/c1-24-14-16-27(17-15-24)23-38-21-26(3)39(22-25(38)2)34(29-9-6-13-33(40)19-29)28-8-5-10-30(18-28)35(41)37(4)32-12-7-11-31(36)20-32/h5-20,25-26,34,40H,21-23H2,1-4H3/t25-,26+,34-/m1/s1. The fourth-order valence-corrected chi connectivity index (χ4v) is 5.84. The van der Waals surface area contributed by atoms with Crippen molar-refractivity contribution in [2.45, 2.75) is 45.4 Å². The second-order valence-corrected chi connectivity index (χ2v) is 11.3. The van der Waals surface area contributed by atoms with Crippen molar-refractivity contribution in [3.8, 4) is 5.75 Å². The number of rotatable bonds is 7. The highest BCUT2D eigenvalue weighted by Gasteiger charge is 2.35. The zero-order chi connectivity index (χ0) is 29.1. The number of hydrogen-bond acceptors (Lipinski definition) is 4. The molecule has 1 aliphatic rings. The average molecular weight is 552 g/mol. The van der Waals surface area contributed by atoms with Crippen LogP contribution in [0.25, 0.3) is 0 Å². The van der Waals surface area contributed by atoms with Gasteiger partial charge in [-0.1, -0.05) is 60.2 Å². The summed E-state index contributed by atoms with van der Waals surface area (Å²) < 4.78 is 13.9. The molecule has 1 saturated heterocycles. The molecule has 0 aliphatic carbocycles. The van der Waals surface area contributed by atoms with E-state index >= 15 is 0 Å². The lowest BCUT2D eigenvalue weighted by atomic mass is 9.92. The van der Waals surface area contributed by atoms with E-state index in [0.29, 0.717) is 17.3 Å². The largest absolute Gasteiger partial charge is 0.508 e. The number of amides is 1. The molecule has 1 fully saturated rings. The number of carbonyl (C=O) groups excluding carboxylic acids is 1. The number of hydrogen-bond donors (Lipinski definition) is 1. The molecule has 5 rings (SSSR count). The van der Waals surface area contributed by atoms with Gasteiger partial charge >= 0.3 is 0 Å². The van der Waals surface area contributed by atoms with Crippen molar-refractivity contribution in [1.29, 1.82) is 0 Å². The second kappa shape index (κ2) is 12.2. The van der Waals surface area contributed by atoms with E-state index in [1.165, 1.54) is 28.2 Å². The molecular weight excluding hydrogens is 513 g/mol. The molecule has 212 valence electrons. The summed E-state index contributed by atoms with van der Waals surface area (Å²) >= 11 is 0. The van der Waals surface area contributed by atoms with E-state index in [4.69, 9.17) is 0 Å². The van der Waals surface area contributed by atoms with Gasteiger partial charge in [0.15, 0.2) is 0 Å². The Hall–Kier alpha value is -4.00. The van der Waals surface area contributed by atoms with E-state index < -0.39 is 0 Å². The van der Waals surface area contributed by atoms with Crippen LogP contribution in [0.15, 0.2) is 97.1 Å². The maximum absolute atomic E-state index is 13.9. The minimum absolute atomic E-state index is 0.159. The zero-order valence-corrected chi connectivity index (χ0v) is 24.2. The van der Waals surface area contributed by atoms with E-state index in [1.54, 1.807) is 31.3 Å². The Kier molecular flexibility index (Phi) is 8.52. The lowest BCUT2D eigenvalue weighted by molar-refractivity contribution is 0.0195. The van der Waals surface area contributed by atoms with Gasteiger partial charge in [0.1, 0.15) is 11.6 Å². The van der Waals surface area contributed by atoms with Gasteiger partial charge in [-0.3, -0.25) is 14.6 Å². The lowest BCUT2D eigenvalue weighted by Gasteiger charge is -2.47. The van der Waals surface area contributed by atoms with E-state index in [9.17, 15) is 14.3 Å². The third-order valence-electron chi connectivity index (χ3n) is 8.14. The number of benzene rings is 4. The molecular formula is C35H38FN3O2. The van der Waals surface area contributed by atoms with E-state index in [0.717, 1.165) is 30.8 Å². The van der Waals surface area contributed by atoms with Crippen LogP contribution in [0.1, 0.15) is 52.5 Å². The van der Waals surface area contributed by atoms with Gasteiger partial charge in [0, 0.05) is 50.0 Å². The van der Waals surface area contributed by atoms with Crippen LogP contribution in [-0.2, 0) is 6.54 Å². The number of phenolic OH excluding ortho intramolecular Hbond substituents is 1.